The summed E-state index contributed by atoms with van der Waals surface area (Å²) in [6.45, 7) is 21.2. The third kappa shape index (κ3) is 5.94. The highest BCUT2D eigenvalue weighted by atomic mass is 28.4. The summed E-state index contributed by atoms with van der Waals surface area (Å²) in [4.78, 5) is 24.4. The normalized spacial score (nSPS) is 13.0. The monoisotopic (exact) mass is 402 g/mol. The van der Waals surface area contributed by atoms with Gasteiger partial charge in [0.25, 0.3) is 28.6 Å². The van der Waals surface area contributed by atoms with Crippen molar-refractivity contribution in [1.82, 2.24) is 0 Å². The zero-order valence-electron chi connectivity index (χ0n) is 18.8. The zero-order chi connectivity index (χ0) is 20.7. The minimum absolute atomic E-state index is 0.0917. The van der Waals surface area contributed by atoms with Crippen molar-refractivity contribution >= 4 is 28.6 Å². The van der Waals surface area contributed by atoms with Gasteiger partial charge in [0.1, 0.15) is 0 Å². The molecule has 0 saturated heterocycles. The van der Waals surface area contributed by atoms with E-state index in [0.717, 1.165) is 12.1 Å². The van der Waals surface area contributed by atoms with Crippen molar-refractivity contribution in [3.05, 3.63) is 0 Å². The van der Waals surface area contributed by atoms with Crippen LogP contribution in [0.4, 0.5) is 0 Å². The number of carbonyl (C=O) groups excluding carboxylic acids is 2. The second-order valence-corrected chi connectivity index (χ2v) is 18.5. The van der Waals surface area contributed by atoms with Crippen molar-refractivity contribution in [2.24, 2.45) is 0 Å². The van der Waals surface area contributed by atoms with Gasteiger partial charge in [-0.3, -0.25) is 9.59 Å². The molecule has 0 amide bonds. The predicted molar refractivity (Wildman–Crippen MR) is 114 cm³/mol. The first-order valence-electron chi connectivity index (χ1n) is 10.3. The molecule has 4 nitrogen and oxygen atoms in total. The largest absolute Gasteiger partial charge is 0.519 e. The number of hydrogen-bond acceptors (Lipinski definition) is 4. The Balaban J connectivity index is 5.84. The number of hydrogen-bond donors (Lipinski definition) is 0. The van der Waals surface area contributed by atoms with Crippen LogP contribution in [0, 0.1) is 0 Å². The van der Waals surface area contributed by atoms with Crippen LogP contribution in [0.5, 0.6) is 0 Å². The van der Waals surface area contributed by atoms with Crippen molar-refractivity contribution in [2.45, 2.75) is 116 Å². The molecule has 0 aliphatic rings. The van der Waals surface area contributed by atoms with E-state index < -0.39 is 16.6 Å². The van der Waals surface area contributed by atoms with Gasteiger partial charge in [0.05, 0.1) is 0 Å². The second-order valence-electron chi connectivity index (χ2n) is 8.68. The molecule has 0 unspecified atom stereocenters. The Kier molecular flexibility index (Phi) is 10.4. The van der Waals surface area contributed by atoms with Gasteiger partial charge in [-0.2, -0.15) is 0 Å². The van der Waals surface area contributed by atoms with E-state index in [9.17, 15) is 9.59 Å². The minimum atomic E-state index is -2.30. The van der Waals surface area contributed by atoms with E-state index in [2.05, 4.69) is 55.4 Å². The third-order valence-electron chi connectivity index (χ3n) is 6.00. The maximum absolute atomic E-state index is 12.2. The van der Waals surface area contributed by atoms with Gasteiger partial charge in [-0.25, -0.2) is 0 Å². The summed E-state index contributed by atoms with van der Waals surface area (Å²) in [5.41, 5.74) is 1.36. The number of carbonyl (C=O) groups is 2. The van der Waals surface area contributed by atoms with Crippen molar-refractivity contribution in [3.8, 4) is 0 Å². The number of rotatable bonds is 11. The van der Waals surface area contributed by atoms with Crippen molar-refractivity contribution in [2.75, 3.05) is 0 Å². The first kappa shape index (κ1) is 25.4. The molecule has 0 bridgehead atoms. The molecule has 154 valence electrons. The van der Waals surface area contributed by atoms with E-state index in [1.807, 2.05) is 13.8 Å². The smallest absolute Gasteiger partial charge is 0.292 e. The van der Waals surface area contributed by atoms with E-state index in [1.54, 1.807) is 0 Å². The lowest BCUT2D eigenvalue weighted by molar-refractivity contribution is -0.136. The fraction of sp³-hybridized carbons (Fsp3) is 0.900. The highest BCUT2D eigenvalue weighted by Gasteiger charge is 2.51. The molecule has 0 radical (unpaired) electrons. The Morgan fingerprint density at radius 2 is 0.846 bits per heavy atom. The lowest BCUT2D eigenvalue weighted by Crippen LogP contribution is -2.52. The van der Waals surface area contributed by atoms with Crippen LogP contribution in [0.3, 0.4) is 0 Å². The minimum Gasteiger partial charge on any atom is -0.519 e. The van der Waals surface area contributed by atoms with Gasteiger partial charge in [-0.15, -0.1) is 0 Å². The Hall–Kier alpha value is -0.626. The lowest BCUT2D eigenvalue weighted by Gasteiger charge is -2.43. The van der Waals surface area contributed by atoms with E-state index in [-0.39, 0.29) is 11.9 Å². The average Bonchev–Trinajstić information content (AvgIpc) is 2.55. The van der Waals surface area contributed by atoms with Crippen LogP contribution >= 0.6 is 0 Å². The van der Waals surface area contributed by atoms with Crippen LogP contribution in [0.25, 0.3) is 0 Å². The molecule has 0 aliphatic carbocycles. The highest BCUT2D eigenvalue weighted by Crippen LogP contribution is 2.45. The Morgan fingerprint density at radius 1 is 0.615 bits per heavy atom. The summed E-state index contributed by atoms with van der Waals surface area (Å²) in [5, 5.41) is 0. The maximum Gasteiger partial charge on any atom is 0.292 e. The molecular formula is C20H42O4Si2. The second kappa shape index (κ2) is 10.6. The fourth-order valence-corrected chi connectivity index (χ4v) is 14.4. The Morgan fingerprint density at radius 3 is 1.00 bits per heavy atom. The molecular weight excluding hydrogens is 360 g/mol. The molecule has 0 saturated carbocycles. The molecule has 0 aliphatic heterocycles. The van der Waals surface area contributed by atoms with Crippen LogP contribution in [-0.2, 0) is 18.4 Å². The van der Waals surface area contributed by atoms with E-state index >= 15 is 0 Å². The Labute approximate surface area is 163 Å². The van der Waals surface area contributed by atoms with Crippen LogP contribution in [-0.4, -0.2) is 28.6 Å². The predicted octanol–water partition coefficient (Wildman–Crippen LogP) is 6.42. The topological polar surface area (TPSA) is 52.6 Å². The molecule has 0 heterocycles. The summed E-state index contributed by atoms with van der Waals surface area (Å²) in [6, 6.07) is 1.77. The summed E-state index contributed by atoms with van der Waals surface area (Å²) >= 11 is 0. The van der Waals surface area contributed by atoms with Gasteiger partial charge < -0.3 is 8.85 Å². The molecule has 26 heavy (non-hydrogen) atoms. The van der Waals surface area contributed by atoms with Gasteiger partial charge in [0, 0.05) is 12.8 Å². The van der Waals surface area contributed by atoms with Crippen LogP contribution < -0.4 is 0 Å². The van der Waals surface area contributed by atoms with Gasteiger partial charge in [0.2, 0.25) is 0 Å². The SMILES string of the molecule is CCC(=O)O[Si](CC[Si](OC(=O)CC)(C(C)C)C(C)C)(C(C)C)C(C)C. The molecule has 0 spiro atoms. The van der Waals surface area contributed by atoms with Crippen LogP contribution in [0.1, 0.15) is 82.1 Å². The van der Waals surface area contributed by atoms with Gasteiger partial charge >= 0.3 is 0 Å². The van der Waals surface area contributed by atoms with Crippen molar-refractivity contribution in [3.63, 3.8) is 0 Å². The quantitative estimate of drug-likeness (QED) is 0.374. The zero-order valence-corrected chi connectivity index (χ0v) is 20.8. The molecule has 0 aromatic heterocycles. The molecule has 0 N–H and O–H groups in total. The third-order valence-corrected chi connectivity index (χ3v) is 17.6. The molecule has 6 heteroatoms. The summed E-state index contributed by atoms with van der Waals surface area (Å²) in [7, 11) is -4.61. The van der Waals surface area contributed by atoms with Gasteiger partial charge in [0.15, 0.2) is 0 Å². The lowest BCUT2D eigenvalue weighted by atomic mass is 10.5. The van der Waals surface area contributed by atoms with E-state index in [1.165, 1.54) is 0 Å². The first-order chi connectivity index (χ1) is 11.9. The van der Waals surface area contributed by atoms with Crippen LogP contribution in [0.15, 0.2) is 0 Å². The molecule has 0 aromatic carbocycles. The Bertz CT molecular complexity index is 401. The maximum atomic E-state index is 12.2. The molecule has 0 aromatic rings. The molecule has 0 rings (SSSR count). The summed E-state index contributed by atoms with van der Waals surface area (Å²) in [6.07, 6.45) is 0.825. The molecule has 0 fully saturated rings. The van der Waals surface area contributed by atoms with Gasteiger partial charge in [-0.1, -0.05) is 69.2 Å². The van der Waals surface area contributed by atoms with Crippen molar-refractivity contribution in [1.29, 1.82) is 0 Å². The van der Waals surface area contributed by atoms with E-state index in [4.69, 9.17) is 8.85 Å². The van der Waals surface area contributed by atoms with Crippen LogP contribution in [0.2, 0.25) is 34.3 Å². The first-order valence-corrected chi connectivity index (χ1v) is 14.9. The standard InChI is InChI=1S/C20H42O4Si2/c1-11-19(21)23-25(15(3)4,16(5)6)13-14-26(17(7)8,18(9)10)24-20(22)12-2/h15-18H,11-14H2,1-10H3. The molecule has 0 atom stereocenters. The summed E-state index contributed by atoms with van der Waals surface area (Å²) < 4.78 is 12.4. The van der Waals surface area contributed by atoms with Crippen molar-refractivity contribution < 1.29 is 18.4 Å². The summed E-state index contributed by atoms with van der Waals surface area (Å²) in [5.74, 6) is -0.183. The van der Waals surface area contributed by atoms with E-state index in [0.29, 0.717) is 35.0 Å². The fourth-order valence-electron chi connectivity index (χ4n) is 4.02. The van der Waals surface area contributed by atoms with Gasteiger partial charge in [-0.05, 0) is 34.3 Å². The highest BCUT2D eigenvalue weighted by molar-refractivity contribution is 6.82. The average molecular weight is 403 g/mol.